The van der Waals surface area contributed by atoms with Gasteiger partial charge in [-0.05, 0) is 19.4 Å². The van der Waals surface area contributed by atoms with Crippen LogP contribution in [0.25, 0.3) is 0 Å². The fourth-order valence-electron chi connectivity index (χ4n) is 1.58. The Labute approximate surface area is 135 Å². The van der Waals surface area contributed by atoms with Gasteiger partial charge in [0, 0.05) is 37.2 Å². The molecule has 0 saturated heterocycles. The number of nitrogens with zero attached hydrogens (tertiary/aromatic N) is 1. The molecule has 0 fully saturated rings. The lowest BCUT2D eigenvalue weighted by Crippen LogP contribution is -2.29. The summed E-state index contributed by atoms with van der Waals surface area (Å²) in [6, 6.07) is 1.67. The molecule has 7 nitrogen and oxygen atoms in total. The maximum Gasteiger partial charge on any atom is 0.384 e. The van der Waals surface area contributed by atoms with Crippen molar-refractivity contribution in [2.24, 2.45) is 5.73 Å². The van der Waals surface area contributed by atoms with Gasteiger partial charge in [-0.2, -0.15) is 0 Å². The topological polar surface area (TPSA) is 104 Å². The normalized spacial score (nSPS) is 9.48. The van der Waals surface area contributed by atoms with Crippen molar-refractivity contribution in [1.29, 1.82) is 0 Å². The Balaban J connectivity index is 2.39. The second kappa shape index (κ2) is 11.0. The number of rotatable bonds is 8. The Morgan fingerprint density at radius 1 is 1.39 bits per heavy atom. The molecule has 0 aliphatic rings. The number of esters is 1. The van der Waals surface area contributed by atoms with Crippen LogP contribution in [0.3, 0.4) is 0 Å². The van der Waals surface area contributed by atoms with E-state index < -0.39 is 5.97 Å². The molecule has 124 valence electrons. The summed E-state index contributed by atoms with van der Waals surface area (Å²) in [4.78, 5) is 26.5. The van der Waals surface area contributed by atoms with Crippen LogP contribution in [-0.4, -0.2) is 43.2 Å². The van der Waals surface area contributed by atoms with E-state index in [9.17, 15) is 9.59 Å². The molecular formula is C16H21N3O4. The predicted molar refractivity (Wildman–Crippen MR) is 84.5 cm³/mol. The van der Waals surface area contributed by atoms with E-state index in [0.717, 1.165) is 0 Å². The maximum absolute atomic E-state index is 11.4. The third-order valence-corrected chi connectivity index (χ3v) is 2.58. The minimum atomic E-state index is -0.581. The van der Waals surface area contributed by atoms with Crippen molar-refractivity contribution in [3.8, 4) is 17.6 Å². The van der Waals surface area contributed by atoms with E-state index >= 15 is 0 Å². The number of ether oxygens (including phenoxy) is 2. The van der Waals surface area contributed by atoms with Gasteiger partial charge in [-0.1, -0.05) is 5.92 Å². The van der Waals surface area contributed by atoms with Gasteiger partial charge in [0.1, 0.15) is 5.75 Å². The van der Waals surface area contributed by atoms with E-state index in [1.54, 1.807) is 19.2 Å². The molecule has 1 amide bonds. The summed E-state index contributed by atoms with van der Waals surface area (Å²) < 4.78 is 10.2. The Morgan fingerprint density at radius 3 is 2.96 bits per heavy atom. The van der Waals surface area contributed by atoms with E-state index in [0.29, 0.717) is 43.9 Å². The third kappa shape index (κ3) is 8.44. The fourth-order valence-corrected chi connectivity index (χ4v) is 1.58. The molecular weight excluding hydrogens is 298 g/mol. The number of hydrogen-bond acceptors (Lipinski definition) is 6. The van der Waals surface area contributed by atoms with Crippen molar-refractivity contribution in [3.05, 3.63) is 24.0 Å². The lowest BCUT2D eigenvalue weighted by Gasteiger charge is -2.06. The second-order valence-electron chi connectivity index (χ2n) is 4.47. The Hall–Kier alpha value is -2.59. The molecule has 0 aromatic carbocycles. The molecule has 1 aromatic rings. The molecule has 7 heteroatoms. The molecule has 0 saturated carbocycles. The van der Waals surface area contributed by atoms with Crippen LogP contribution >= 0.6 is 0 Å². The smallest absolute Gasteiger partial charge is 0.384 e. The van der Waals surface area contributed by atoms with Crippen LogP contribution in [-0.2, 0) is 14.3 Å². The number of pyridine rings is 1. The second-order valence-corrected chi connectivity index (χ2v) is 4.47. The zero-order chi connectivity index (χ0) is 16.9. The fraction of sp³-hybridized carbons (Fsp3) is 0.438. The van der Waals surface area contributed by atoms with Crippen LogP contribution in [0.1, 0.15) is 25.3 Å². The van der Waals surface area contributed by atoms with Crippen LogP contribution in [0.5, 0.6) is 5.75 Å². The first kappa shape index (κ1) is 18.5. The zero-order valence-corrected chi connectivity index (χ0v) is 13.1. The SMILES string of the molecule is CCOC(=O)C#Cc1cncc(OCCCC(=O)NCCN)c1. The van der Waals surface area contributed by atoms with Crippen LogP contribution in [0.15, 0.2) is 18.5 Å². The van der Waals surface area contributed by atoms with Gasteiger partial charge in [-0.3, -0.25) is 9.78 Å². The molecule has 0 bridgehead atoms. The highest BCUT2D eigenvalue weighted by Crippen LogP contribution is 2.11. The zero-order valence-electron chi connectivity index (χ0n) is 13.1. The number of amides is 1. The third-order valence-electron chi connectivity index (χ3n) is 2.58. The first-order valence-corrected chi connectivity index (χ1v) is 7.39. The molecule has 0 atom stereocenters. The van der Waals surface area contributed by atoms with E-state index in [-0.39, 0.29) is 12.5 Å². The molecule has 0 unspecified atom stereocenters. The van der Waals surface area contributed by atoms with Crippen molar-refractivity contribution >= 4 is 11.9 Å². The molecule has 3 N–H and O–H groups in total. The summed E-state index contributed by atoms with van der Waals surface area (Å²) in [6.45, 7) is 3.28. The molecule has 0 spiro atoms. The van der Waals surface area contributed by atoms with Crippen molar-refractivity contribution in [3.63, 3.8) is 0 Å². The highest BCUT2D eigenvalue weighted by atomic mass is 16.5. The monoisotopic (exact) mass is 319 g/mol. The molecule has 0 aliphatic carbocycles. The van der Waals surface area contributed by atoms with Gasteiger partial charge in [0.2, 0.25) is 5.91 Å². The standard InChI is InChI=1S/C16H21N3O4/c1-2-22-16(21)6-5-13-10-14(12-18-11-13)23-9-3-4-15(20)19-8-7-17/h10-12H,2-4,7-9,17H2,1H3,(H,19,20). The summed E-state index contributed by atoms with van der Waals surface area (Å²) in [5.41, 5.74) is 5.85. The maximum atomic E-state index is 11.4. The van der Waals surface area contributed by atoms with Crippen LogP contribution in [0, 0.1) is 11.8 Å². The van der Waals surface area contributed by atoms with Gasteiger partial charge in [-0.25, -0.2) is 4.79 Å². The Bertz CT molecular complexity index is 578. The van der Waals surface area contributed by atoms with E-state index in [4.69, 9.17) is 15.2 Å². The van der Waals surface area contributed by atoms with Crippen LogP contribution in [0.2, 0.25) is 0 Å². The van der Waals surface area contributed by atoms with Gasteiger partial charge < -0.3 is 20.5 Å². The van der Waals surface area contributed by atoms with Gasteiger partial charge in [-0.15, -0.1) is 0 Å². The lowest BCUT2D eigenvalue weighted by molar-refractivity contribution is -0.136. The summed E-state index contributed by atoms with van der Waals surface area (Å²) in [5, 5.41) is 2.68. The minimum Gasteiger partial charge on any atom is -0.492 e. The highest BCUT2D eigenvalue weighted by Gasteiger charge is 2.01. The lowest BCUT2D eigenvalue weighted by atomic mass is 10.3. The van der Waals surface area contributed by atoms with Gasteiger partial charge in [0.25, 0.3) is 0 Å². The molecule has 23 heavy (non-hydrogen) atoms. The summed E-state index contributed by atoms with van der Waals surface area (Å²) in [5.74, 6) is 4.92. The number of nitrogens with one attached hydrogen (secondary N) is 1. The molecule has 1 rings (SSSR count). The molecule has 1 heterocycles. The van der Waals surface area contributed by atoms with Crippen LogP contribution < -0.4 is 15.8 Å². The summed E-state index contributed by atoms with van der Waals surface area (Å²) in [6.07, 6.45) is 4.02. The quantitative estimate of drug-likeness (QED) is 0.404. The first-order chi connectivity index (χ1) is 11.2. The number of carbonyl (C=O) groups excluding carboxylic acids is 2. The first-order valence-electron chi connectivity index (χ1n) is 7.39. The highest BCUT2D eigenvalue weighted by molar-refractivity contribution is 5.89. The summed E-state index contributed by atoms with van der Waals surface area (Å²) in [7, 11) is 0. The Morgan fingerprint density at radius 2 is 2.22 bits per heavy atom. The summed E-state index contributed by atoms with van der Waals surface area (Å²) >= 11 is 0. The average Bonchev–Trinajstić information content (AvgIpc) is 2.56. The average molecular weight is 319 g/mol. The van der Waals surface area contributed by atoms with E-state index in [1.165, 1.54) is 6.20 Å². The number of aromatic nitrogens is 1. The van der Waals surface area contributed by atoms with E-state index in [1.807, 2.05) is 0 Å². The van der Waals surface area contributed by atoms with Crippen molar-refractivity contribution < 1.29 is 19.1 Å². The van der Waals surface area contributed by atoms with Crippen molar-refractivity contribution in [1.82, 2.24) is 10.3 Å². The molecule has 1 aromatic heterocycles. The minimum absolute atomic E-state index is 0.0498. The van der Waals surface area contributed by atoms with Gasteiger partial charge >= 0.3 is 5.97 Å². The largest absolute Gasteiger partial charge is 0.492 e. The molecule has 0 radical (unpaired) electrons. The van der Waals surface area contributed by atoms with Gasteiger partial charge in [0.05, 0.1) is 19.4 Å². The number of carbonyl (C=O) groups is 2. The van der Waals surface area contributed by atoms with E-state index in [2.05, 4.69) is 22.1 Å². The predicted octanol–water partition coefficient (Wildman–Crippen LogP) is 0.230. The van der Waals surface area contributed by atoms with Crippen molar-refractivity contribution in [2.75, 3.05) is 26.3 Å². The van der Waals surface area contributed by atoms with Gasteiger partial charge in [0.15, 0.2) is 0 Å². The molecule has 0 aliphatic heterocycles. The number of hydrogen-bond donors (Lipinski definition) is 2. The number of nitrogens with two attached hydrogens (primary N) is 1. The Kier molecular flexibility index (Phi) is 8.86. The van der Waals surface area contributed by atoms with Crippen molar-refractivity contribution in [2.45, 2.75) is 19.8 Å². The van der Waals surface area contributed by atoms with Crippen LogP contribution in [0.4, 0.5) is 0 Å².